The van der Waals surface area contributed by atoms with Crippen molar-refractivity contribution in [2.24, 2.45) is 0 Å². The Kier molecular flexibility index (Phi) is 5.25. The van der Waals surface area contributed by atoms with Gasteiger partial charge in [0.2, 0.25) is 0 Å². The Morgan fingerprint density at radius 3 is 2.60 bits per heavy atom. The smallest absolute Gasteiger partial charge is 0.343 e. The van der Waals surface area contributed by atoms with E-state index in [0.717, 1.165) is 6.07 Å². The molecule has 2 aromatic rings. The van der Waals surface area contributed by atoms with Gasteiger partial charge in [-0.05, 0) is 24.5 Å². The van der Waals surface area contributed by atoms with Crippen molar-refractivity contribution in [1.82, 2.24) is 9.97 Å². The SMILES string of the molecule is CC(C)Sc1nc2c(c(=O)[nH]1)[C@H](c1ccccc1C(F)(F)F)C1=C(CCCC1=O)N2. The maximum Gasteiger partial charge on any atom is 0.416 e. The van der Waals surface area contributed by atoms with Gasteiger partial charge in [0.15, 0.2) is 10.9 Å². The number of rotatable bonds is 3. The van der Waals surface area contributed by atoms with Gasteiger partial charge in [-0.15, -0.1) is 0 Å². The van der Waals surface area contributed by atoms with Crippen LogP contribution in [0.15, 0.2) is 45.5 Å². The second-order valence-electron chi connectivity index (χ2n) is 7.61. The van der Waals surface area contributed by atoms with Gasteiger partial charge in [0.05, 0.1) is 11.1 Å². The van der Waals surface area contributed by atoms with E-state index >= 15 is 0 Å². The predicted molar refractivity (Wildman–Crippen MR) is 109 cm³/mol. The molecule has 0 fully saturated rings. The first-order valence-electron chi connectivity index (χ1n) is 9.67. The molecular formula is C21H20F3N3O2S. The molecule has 1 aliphatic carbocycles. The second-order valence-corrected chi connectivity index (χ2v) is 9.18. The lowest BCUT2D eigenvalue weighted by atomic mass is 9.75. The number of fused-ring (bicyclic) bond motifs is 1. The van der Waals surface area contributed by atoms with Crippen molar-refractivity contribution in [3.05, 3.63) is 62.6 Å². The number of carbonyl (C=O) groups excluding carboxylic acids is 1. The zero-order valence-corrected chi connectivity index (χ0v) is 17.2. The Morgan fingerprint density at radius 1 is 1.17 bits per heavy atom. The molecule has 5 nitrogen and oxygen atoms in total. The van der Waals surface area contributed by atoms with E-state index in [2.05, 4.69) is 15.3 Å². The van der Waals surface area contributed by atoms with Crippen LogP contribution >= 0.6 is 11.8 Å². The number of nitrogens with zero attached hydrogens (tertiary/aromatic N) is 1. The third-order valence-electron chi connectivity index (χ3n) is 5.16. The summed E-state index contributed by atoms with van der Waals surface area (Å²) in [7, 11) is 0. The van der Waals surface area contributed by atoms with Crippen molar-refractivity contribution in [2.45, 2.75) is 55.6 Å². The fourth-order valence-electron chi connectivity index (χ4n) is 4.04. The summed E-state index contributed by atoms with van der Waals surface area (Å²) in [6.07, 6.45) is -3.25. The van der Waals surface area contributed by atoms with Crippen LogP contribution in [0.3, 0.4) is 0 Å². The Morgan fingerprint density at radius 2 is 1.90 bits per heavy atom. The highest BCUT2D eigenvalue weighted by Gasteiger charge is 2.42. The van der Waals surface area contributed by atoms with Gasteiger partial charge >= 0.3 is 6.18 Å². The number of allylic oxidation sites excluding steroid dienone is 2. The van der Waals surface area contributed by atoms with E-state index in [1.165, 1.54) is 30.0 Å². The molecule has 2 N–H and O–H groups in total. The first-order chi connectivity index (χ1) is 14.2. The zero-order valence-electron chi connectivity index (χ0n) is 16.4. The monoisotopic (exact) mass is 435 g/mol. The van der Waals surface area contributed by atoms with Gasteiger partial charge in [-0.1, -0.05) is 43.8 Å². The van der Waals surface area contributed by atoms with Gasteiger partial charge in [-0.25, -0.2) is 4.98 Å². The Hall–Kier alpha value is -2.55. The number of aromatic amines is 1. The molecule has 2 aliphatic rings. The van der Waals surface area contributed by atoms with Crippen molar-refractivity contribution in [3.63, 3.8) is 0 Å². The van der Waals surface area contributed by atoms with Gasteiger partial charge in [0, 0.05) is 28.9 Å². The minimum absolute atomic E-state index is 0.0498. The molecule has 158 valence electrons. The highest BCUT2D eigenvalue weighted by molar-refractivity contribution is 7.99. The second kappa shape index (κ2) is 7.61. The van der Waals surface area contributed by atoms with Crippen LogP contribution in [-0.4, -0.2) is 21.0 Å². The molecule has 2 heterocycles. The van der Waals surface area contributed by atoms with Gasteiger partial charge < -0.3 is 10.3 Å². The number of Topliss-reactive ketones (excluding diaryl/α,β-unsaturated/α-hetero) is 1. The molecule has 0 unspecified atom stereocenters. The number of hydrogen-bond donors (Lipinski definition) is 2. The van der Waals surface area contributed by atoms with Crippen molar-refractivity contribution in [3.8, 4) is 0 Å². The molecule has 1 aromatic carbocycles. The van der Waals surface area contributed by atoms with E-state index in [1.807, 2.05) is 13.8 Å². The van der Waals surface area contributed by atoms with Crippen LogP contribution in [0.5, 0.6) is 0 Å². The van der Waals surface area contributed by atoms with Crippen molar-refractivity contribution in [2.75, 3.05) is 5.32 Å². The standard InChI is InChI=1S/C21H20F3N3O2S/c1-10(2)30-20-26-18-17(19(29)27-20)15(16-13(25-18)8-5-9-14(16)28)11-6-3-4-7-12(11)21(22,23)24/h3-4,6-7,10,15H,5,8-9H2,1-2H3,(H2,25,26,27,29)/t15-/m1/s1. The van der Waals surface area contributed by atoms with Gasteiger partial charge in [-0.2, -0.15) is 13.2 Å². The number of aromatic nitrogens is 2. The summed E-state index contributed by atoms with van der Waals surface area (Å²) in [5.41, 5.74) is -0.655. The average Bonchev–Trinajstić information content (AvgIpc) is 2.65. The number of halogens is 3. The molecule has 0 radical (unpaired) electrons. The van der Waals surface area contributed by atoms with Crippen LogP contribution in [0, 0.1) is 0 Å². The van der Waals surface area contributed by atoms with E-state index in [9.17, 15) is 22.8 Å². The molecule has 0 saturated carbocycles. The van der Waals surface area contributed by atoms with Gasteiger partial charge in [0.25, 0.3) is 5.56 Å². The third kappa shape index (κ3) is 3.66. The summed E-state index contributed by atoms with van der Waals surface area (Å²) in [6.45, 7) is 3.89. The fourth-order valence-corrected chi connectivity index (χ4v) is 4.78. The number of nitrogens with one attached hydrogen (secondary N) is 2. The number of ketones is 1. The van der Waals surface area contributed by atoms with Crippen LogP contribution in [0.2, 0.25) is 0 Å². The summed E-state index contributed by atoms with van der Waals surface area (Å²) in [5, 5.41) is 3.61. The van der Waals surface area contributed by atoms with Crippen LogP contribution in [0.1, 0.15) is 55.7 Å². The fraction of sp³-hybridized carbons (Fsp3) is 0.381. The minimum atomic E-state index is -4.62. The lowest BCUT2D eigenvalue weighted by molar-refractivity contribution is -0.138. The van der Waals surface area contributed by atoms with Crippen LogP contribution in [-0.2, 0) is 11.0 Å². The molecule has 4 rings (SSSR count). The normalized spacial score (nSPS) is 18.9. The molecule has 9 heteroatoms. The Balaban J connectivity index is 1.99. The lowest BCUT2D eigenvalue weighted by Gasteiger charge is -2.33. The van der Waals surface area contributed by atoms with E-state index in [4.69, 9.17) is 0 Å². The number of H-pyrrole nitrogens is 1. The summed E-state index contributed by atoms with van der Waals surface area (Å²) >= 11 is 1.35. The van der Waals surface area contributed by atoms with Crippen LogP contribution < -0.4 is 10.9 Å². The van der Waals surface area contributed by atoms with Crippen molar-refractivity contribution >= 4 is 23.4 Å². The maximum atomic E-state index is 13.8. The number of hydrogen-bond acceptors (Lipinski definition) is 5. The minimum Gasteiger partial charge on any atom is -0.343 e. The van der Waals surface area contributed by atoms with Crippen molar-refractivity contribution in [1.29, 1.82) is 0 Å². The van der Waals surface area contributed by atoms with Crippen LogP contribution in [0.4, 0.5) is 19.0 Å². The highest BCUT2D eigenvalue weighted by Crippen LogP contribution is 2.46. The average molecular weight is 435 g/mol. The van der Waals surface area contributed by atoms with Crippen LogP contribution in [0.25, 0.3) is 0 Å². The molecule has 0 bridgehead atoms. The van der Waals surface area contributed by atoms with E-state index in [0.29, 0.717) is 23.7 Å². The largest absolute Gasteiger partial charge is 0.416 e. The van der Waals surface area contributed by atoms with E-state index in [1.54, 1.807) is 0 Å². The first-order valence-corrected chi connectivity index (χ1v) is 10.5. The number of thioether (sulfide) groups is 1. The Labute approximate surface area is 175 Å². The summed E-state index contributed by atoms with van der Waals surface area (Å²) in [4.78, 5) is 33.0. The molecule has 0 saturated heterocycles. The molecule has 0 amide bonds. The van der Waals surface area contributed by atoms with Gasteiger partial charge in [-0.3, -0.25) is 9.59 Å². The molecule has 0 spiro atoms. The van der Waals surface area contributed by atoms with Crippen molar-refractivity contribution < 1.29 is 18.0 Å². The maximum absolute atomic E-state index is 13.8. The number of alkyl halides is 3. The topological polar surface area (TPSA) is 74.8 Å². The molecule has 1 aromatic heterocycles. The molecule has 1 aliphatic heterocycles. The Bertz CT molecular complexity index is 1110. The number of carbonyl (C=O) groups is 1. The molecular weight excluding hydrogens is 415 g/mol. The third-order valence-corrected chi connectivity index (χ3v) is 6.05. The van der Waals surface area contributed by atoms with Gasteiger partial charge in [0.1, 0.15) is 5.82 Å². The quantitative estimate of drug-likeness (QED) is 0.532. The lowest BCUT2D eigenvalue weighted by Crippen LogP contribution is -2.33. The highest BCUT2D eigenvalue weighted by atomic mass is 32.2. The summed E-state index contributed by atoms with van der Waals surface area (Å²) in [6, 6.07) is 5.11. The molecule has 1 atom stereocenters. The predicted octanol–water partition coefficient (Wildman–Crippen LogP) is 4.85. The molecule has 30 heavy (non-hydrogen) atoms. The summed E-state index contributed by atoms with van der Waals surface area (Å²) < 4.78 is 41.4. The first kappa shape index (κ1) is 20.7. The van der Waals surface area contributed by atoms with E-state index < -0.39 is 23.2 Å². The van der Waals surface area contributed by atoms with E-state index in [-0.39, 0.29) is 40.0 Å². The summed E-state index contributed by atoms with van der Waals surface area (Å²) in [5.74, 6) is -1.13. The zero-order chi connectivity index (χ0) is 21.6. The number of benzene rings is 1. The number of anilines is 1.